The second kappa shape index (κ2) is 11.7. The highest BCUT2D eigenvalue weighted by molar-refractivity contribution is 7.98. The number of carbonyl (C=O) groups excluding carboxylic acids is 1. The molecule has 0 saturated heterocycles. The van der Waals surface area contributed by atoms with Crippen LogP contribution in [0.3, 0.4) is 0 Å². The molecule has 0 spiro atoms. The third kappa shape index (κ3) is 5.65. The van der Waals surface area contributed by atoms with Gasteiger partial charge in [-0.2, -0.15) is 4.98 Å². The molecule has 10 heteroatoms. The molecule has 0 fully saturated rings. The van der Waals surface area contributed by atoms with Crippen molar-refractivity contribution < 1.29 is 9.18 Å². The Morgan fingerprint density at radius 1 is 1.10 bits per heavy atom. The van der Waals surface area contributed by atoms with Crippen molar-refractivity contribution in [1.29, 1.82) is 0 Å². The minimum atomic E-state index is -0.515. The maximum absolute atomic E-state index is 14.2. The van der Waals surface area contributed by atoms with E-state index in [2.05, 4.69) is 51.5 Å². The van der Waals surface area contributed by atoms with Crippen LogP contribution in [0.5, 0.6) is 0 Å². The number of anilines is 3. The van der Waals surface area contributed by atoms with Gasteiger partial charge < -0.3 is 15.5 Å². The van der Waals surface area contributed by atoms with E-state index in [1.165, 1.54) is 17.8 Å². The lowest BCUT2D eigenvalue weighted by Crippen LogP contribution is -2.31. The van der Waals surface area contributed by atoms with Gasteiger partial charge in [-0.25, -0.2) is 9.07 Å². The molecule has 5 rings (SSSR count). The monoisotopic (exact) mass is 543 g/mol. The molecule has 2 N–H and O–H groups in total. The number of nitrogens with zero attached hydrogens (tertiary/aromatic N) is 5. The fourth-order valence-electron chi connectivity index (χ4n) is 4.64. The van der Waals surface area contributed by atoms with Crippen LogP contribution < -0.4 is 15.5 Å². The fourth-order valence-corrected chi connectivity index (χ4v) is 5.46. The summed E-state index contributed by atoms with van der Waals surface area (Å²) in [6, 6.07) is 17.9. The number of fused-ring (bicyclic) bond motifs is 1. The number of hydrogen-bond donors (Lipinski definition) is 2. The Morgan fingerprint density at radius 3 is 2.56 bits per heavy atom. The van der Waals surface area contributed by atoms with Gasteiger partial charge >= 0.3 is 0 Å². The van der Waals surface area contributed by atoms with Crippen LogP contribution in [0, 0.1) is 5.82 Å². The Kier molecular flexibility index (Phi) is 7.92. The number of carbonyl (C=O) groups is 1. The van der Waals surface area contributed by atoms with Gasteiger partial charge in [0.05, 0.1) is 17.5 Å². The average Bonchev–Trinajstić information content (AvgIpc) is 3.36. The molecule has 3 heterocycles. The Balaban J connectivity index is 1.50. The summed E-state index contributed by atoms with van der Waals surface area (Å²) in [6.07, 6.45) is 3.26. The van der Waals surface area contributed by atoms with Gasteiger partial charge in [0.25, 0.3) is 5.91 Å². The Morgan fingerprint density at radius 2 is 1.87 bits per heavy atom. The summed E-state index contributed by atoms with van der Waals surface area (Å²) in [4.78, 5) is 24.7. The summed E-state index contributed by atoms with van der Waals surface area (Å²) in [7, 11) is 0. The minimum absolute atomic E-state index is 0.257. The molecule has 200 valence electrons. The van der Waals surface area contributed by atoms with Crippen LogP contribution in [0.1, 0.15) is 37.9 Å². The lowest BCUT2D eigenvalue weighted by molar-refractivity contribution is -0.113. The molecule has 0 radical (unpaired) electrons. The van der Waals surface area contributed by atoms with Crippen LogP contribution >= 0.6 is 11.8 Å². The third-order valence-corrected chi connectivity index (χ3v) is 7.54. The average molecular weight is 544 g/mol. The number of thioether (sulfide) groups is 1. The Hall–Kier alpha value is -4.18. The standard InChI is InChI=1S/C29H30FN7OS/c1-4-36(5-2)23-14-12-20(13-15-23)26-25(27(38)33-22-10-8-16-31-17-22)19(3)32-28-34-29(35-37(26)28)39-18-21-9-6-7-11-24(21)30/h6-17,26H,4-5,18H2,1-3H3,(H,33,38)(H,32,34,35)/t26-/m1/s1. The Bertz CT molecular complexity index is 1480. The highest BCUT2D eigenvalue weighted by atomic mass is 32.2. The normalized spacial score (nSPS) is 14.5. The molecular weight excluding hydrogens is 513 g/mol. The van der Waals surface area contributed by atoms with Crippen molar-refractivity contribution in [1.82, 2.24) is 19.7 Å². The van der Waals surface area contributed by atoms with E-state index in [-0.39, 0.29) is 11.7 Å². The van der Waals surface area contributed by atoms with Crippen molar-refractivity contribution in [3.63, 3.8) is 0 Å². The molecule has 0 aliphatic carbocycles. The smallest absolute Gasteiger partial charge is 0.255 e. The molecule has 1 aliphatic heterocycles. The molecule has 0 saturated carbocycles. The largest absolute Gasteiger partial charge is 0.372 e. The van der Waals surface area contributed by atoms with E-state index >= 15 is 0 Å². The van der Waals surface area contributed by atoms with Gasteiger partial charge in [-0.05, 0) is 62.2 Å². The van der Waals surface area contributed by atoms with Gasteiger partial charge in [0.2, 0.25) is 11.1 Å². The van der Waals surface area contributed by atoms with Crippen LogP contribution in [0.25, 0.3) is 0 Å². The zero-order valence-corrected chi connectivity index (χ0v) is 22.9. The number of allylic oxidation sites excluding steroid dienone is 1. The predicted molar refractivity (Wildman–Crippen MR) is 153 cm³/mol. The second-order valence-corrected chi connectivity index (χ2v) is 10.0. The SMILES string of the molecule is CCN(CC)c1ccc([C@@H]2C(C(=O)Nc3cccnc3)=C(C)Nc3nc(SCc4ccccc4F)nn32)cc1. The van der Waals surface area contributed by atoms with E-state index in [0.717, 1.165) is 24.3 Å². The molecule has 0 bridgehead atoms. The molecule has 4 aromatic rings. The maximum atomic E-state index is 14.2. The highest BCUT2D eigenvalue weighted by Gasteiger charge is 2.34. The van der Waals surface area contributed by atoms with Crippen LogP contribution in [-0.2, 0) is 10.5 Å². The number of hydrogen-bond acceptors (Lipinski definition) is 7. The van der Waals surface area contributed by atoms with Crippen LogP contribution in [0.4, 0.5) is 21.7 Å². The number of nitrogens with one attached hydrogen (secondary N) is 2. The second-order valence-electron chi connectivity index (χ2n) is 9.07. The number of aromatic nitrogens is 4. The van der Waals surface area contributed by atoms with Crippen LogP contribution in [0.2, 0.25) is 0 Å². The lowest BCUT2D eigenvalue weighted by Gasteiger charge is -2.29. The molecule has 1 amide bonds. The number of halogens is 1. The van der Waals surface area contributed by atoms with Gasteiger partial charge in [0.15, 0.2) is 0 Å². The molecule has 1 aliphatic rings. The van der Waals surface area contributed by atoms with Gasteiger partial charge in [-0.3, -0.25) is 9.78 Å². The summed E-state index contributed by atoms with van der Waals surface area (Å²) in [5, 5.41) is 11.5. The summed E-state index contributed by atoms with van der Waals surface area (Å²) in [6.45, 7) is 7.91. The summed E-state index contributed by atoms with van der Waals surface area (Å²) < 4.78 is 15.9. The zero-order chi connectivity index (χ0) is 27.4. The zero-order valence-electron chi connectivity index (χ0n) is 22.1. The van der Waals surface area contributed by atoms with E-state index < -0.39 is 6.04 Å². The summed E-state index contributed by atoms with van der Waals surface area (Å²) in [5.74, 6) is 0.400. The first-order valence-corrected chi connectivity index (χ1v) is 13.8. The van der Waals surface area contributed by atoms with E-state index in [0.29, 0.717) is 39.4 Å². The quantitative estimate of drug-likeness (QED) is 0.255. The summed E-state index contributed by atoms with van der Waals surface area (Å²) >= 11 is 1.35. The van der Waals surface area contributed by atoms with Crippen molar-refractivity contribution in [2.75, 3.05) is 28.6 Å². The first-order valence-electron chi connectivity index (χ1n) is 12.8. The van der Waals surface area contributed by atoms with Crippen molar-refractivity contribution in [3.8, 4) is 0 Å². The highest BCUT2D eigenvalue weighted by Crippen LogP contribution is 2.37. The van der Waals surface area contributed by atoms with Crippen molar-refractivity contribution >= 4 is 35.0 Å². The van der Waals surface area contributed by atoms with Crippen molar-refractivity contribution in [3.05, 3.63) is 101 Å². The molecule has 8 nitrogen and oxygen atoms in total. The Labute approximate surface area is 231 Å². The fraction of sp³-hybridized carbons (Fsp3) is 0.241. The molecule has 2 aromatic heterocycles. The lowest BCUT2D eigenvalue weighted by atomic mass is 9.94. The van der Waals surface area contributed by atoms with E-state index in [1.807, 2.05) is 25.1 Å². The predicted octanol–water partition coefficient (Wildman–Crippen LogP) is 5.88. The summed E-state index contributed by atoms with van der Waals surface area (Å²) in [5.41, 5.74) is 4.40. The van der Waals surface area contributed by atoms with Crippen LogP contribution in [-0.4, -0.2) is 38.7 Å². The van der Waals surface area contributed by atoms with Crippen LogP contribution in [0.15, 0.2) is 89.5 Å². The minimum Gasteiger partial charge on any atom is -0.372 e. The first kappa shape index (κ1) is 26.4. The number of amides is 1. The number of pyridine rings is 1. The van der Waals surface area contributed by atoms with Gasteiger partial charge in [-0.1, -0.05) is 42.1 Å². The van der Waals surface area contributed by atoms with Gasteiger partial charge in [0, 0.05) is 36.4 Å². The van der Waals surface area contributed by atoms with Crippen molar-refractivity contribution in [2.24, 2.45) is 0 Å². The molecular formula is C29H30FN7OS. The van der Waals surface area contributed by atoms with Gasteiger partial charge in [-0.15, -0.1) is 5.10 Å². The van der Waals surface area contributed by atoms with E-state index in [4.69, 9.17) is 5.10 Å². The van der Waals surface area contributed by atoms with Gasteiger partial charge in [0.1, 0.15) is 11.9 Å². The topological polar surface area (TPSA) is 88.0 Å². The number of benzene rings is 2. The molecule has 0 unspecified atom stereocenters. The molecule has 1 atom stereocenters. The van der Waals surface area contributed by atoms with E-state index in [1.54, 1.807) is 41.3 Å². The third-order valence-electron chi connectivity index (χ3n) is 6.65. The molecule has 2 aromatic carbocycles. The maximum Gasteiger partial charge on any atom is 0.255 e. The first-order chi connectivity index (χ1) is 19.0. The molecule has 39 heavy (non-hydrogen) atoms. The van der Waals surface area contributed by atoms with Crippen molar-refractivity contribution in [2.45, 2.75) is 37.7 Å². The number of rotatable bonds is 9. The van der Waals surface area contributed by atoms with E-state index in [9.17, 15) is 9.18 Å².